The lowest BCUT2D eigenvalue weighted by atomic mass is 10.1. The Morgan fingerprint density at radius 2 is 2.00 bits per heavy atom. The average molecular weight is 466 g/mol. The lowest BCUT2D eigenvalue weighted by Crippen LogP contribution is -2.28. The minimum Gasteiger partial charge on any atom is -0.497 e. The van der Waals surface area contributed by atoms with Gasteiger partial charge >= 0.3 is 0 Å². The SMILES string of the molecule is C=CC(=O)N1CCC(CNc2nc(Nc3cc(OC)cc(OC)c3)c(C(N)=O)c3nccn23)C1. The van der Waals surface area contributed by atoms with Crippen molar-refractivity contribution in [3.63, 3.8) is 0 Å². The van der Waals surface area contributed by atoms with Crippen LogP contribution in [0.5, 0.6) is 11.5 Å². The second kappa shape index (κ2) is 9.69. The zero-order valence-electron chi connectivity index (χ0n) is 19.1. The number of benzene rings is 1. The number of hydrogen-bond acceptors (Lipinski definition) is 8. The predicted octanol–water partition coefficient (Wildman–Crippen LogP) is 2.04. The van der Waals surface area contributed by atoms with Gasteiger partial charge in [0.1, 0.15) is 17.1 Å². The van der Waals surface area contributed by atoms with E-state index in [0.29, 0.717) is 48.4 Å². The van der Waals surface area contributed by atoms with Crippen molar-refractivity contribution in [2.24, 2.45) is 11.7 Å². The van der Waals surface area contributed by atoms with Crippen LogP contribution in [0, 0.1) is 5.92 Å². The first-order valence-corrected chi connectivity index (χ1v) is 10.8. The third kappa shape index (κ3) is 4.58. The molecule has 0 spiro atoms. The van der Waals surface area contributed by atoms with Gasteiger partial charge in [0.05, 0.1) is 14.2 Å². The Bertz CT molecular complexity index is 1220. The van der Waals surface area contributed by atoms with Gasteiger partial charge < -0.3 is 30.7 Å². The monoisotopic (exact) mass is 465 g/mol. The Morgan fingerprint density at radius 3 is 2.65 bits per heavy atom. The zero-order valence-corrected chi connectivity index (χ0v) is 19.1. The van der Waals surface area contributed by atoms with Crippen LogP contribution < -0.4 is 25.8 Å². The highest BCUT2D eigenvalue weighted by Gasteiger charge is 2.26. The highest BCUT2D eigenvalue weighted by Crippen LogP contribution is 2.30. The molecule has 178 valence electrons. The van der Waals surface area contributed by atoms with Crippen molar-refractivity contribution in [3.8, 4) is 11.5 Å². The van der Waals surface area contributed by atoms with E-state index in [9.17, 15) is 9.59 Å². The summed E-state index contributed by atoms with van der Waals surface area (Å²) in [4.78, 5) is 35.0. The molecule has 3 aromatic rings. The third-order valence-corrected chi connectivity index (χ3v) is 5.73. The smallest absolute Gasteiger partial charge is 0.256 e. The number of fused-ring (bicyclic) bond motifs is 1. The van der Waals surface area contributed by atoms with Crippen LogP contribution in [0.4, 0.5) is 17.5 Å². The van der Waals surface area contributed by atoms with Crippen molar-refractivity contribution < 1.29 is 19.1 Å². The number of carbonyl (C=O) groups excluding carboxylic acids is 2. The van der Waals surface area contributed by atoms with Crippen molar-refractivity contribution in [1.29, 1.82) is 0 Å². The highest BCUT2D eigenvalue weighted by molar-refractivity contribution is 6.04. The maximum Gasteiger partial charge on any atom is 0.256 e. The first kappa shape index (κ1) is 22.9. The van der Waals surface area contributed by atoms with Gasteiger partial charge in [-0.1, -0.05) is 6.58 Å². The summed E-state index contributed by atoms with van der Waals surface area (Å²) in [6.07, 6.45) is 5.49. The van der Waals surface area contributed by atoms with Crippen molar-refractivity contribution in [3.05, 3.63) is 48.8 Å². The number of aromatic nitrogens is 3. The second-order valence-corrected chi connectivity index (χ2v) is 7.89. The Kier molecular flexibility index (Phi) is 6.53. The van der Waals surface area contributed by atoms with E-state index in [1.165, 1.54) is 6.08 Å². The number of anilines is 3. The number of hydrogen-bond donors (Lipinski definition) is 3. The standard InChI is InChI=1S/C23H27N7O4/c1-4-18(31)29-7-5-14(13-29)12-26-23-28-21(19(20(24)32)22-25-6-8-30(22)23)27-15-9-16(33-2)11-17(10-15)34-3/h4,6,8-11,14,27H,1,5,7,12-13H2,2-3H3,(H2,24,32)(H,26,28). The van der Waals surface area contributed by atoms with Crippen molar-refractivity contribution in [2.45, 2.75) is 6.42 Å². The molecule has 3 heterocycles. The number of imidazole rings is 1. The molecule has 2 aromatic heterocycles. The van der Waals surface area contributed by atoms with Gasteiger partial charge in [0.25, 0.3) is 5.91 Å². The van der Waals surface area contributed by atoms with E-state index < -0.39 is 5.91 Å². The molecular weight excluding hydrogens is 438 g/mol. The second-order valence-electron chi connectivity index (χ2n) is 7.89. The van der Waals surface area contributed by atoms with E-state index in [4.69, 9.17) is 15.2 Å². The fourth-order valence-electron chi connectivity index (χ4n) is 4.00. The molecule has 4 rings (SSSR count). The van der Waals surface area contributed by atoms with E-state index in [1.807, 2.05) is 0 Å². The van der Waals surface area contributed by atoms with Crippen LogP contribution in [0.1, 0.15) is 16.8 Å². The maximum atomic E-state index is 12.4. The lowest BCUT2D eigenvalue weighted by molar-refractivity contribution is -0.125. The predicted molar refractivity (Wildman–Crippen MR) is 128 cm³/mol. The van der Waals surface area contributed by atoms with Gasteiger partial charge in [-0.05, 0) is 18.4 Å². The fraction of sp³-hybridized carbons (Fsp3) is 0.304. The molecule has 1 saturated heterocycles. The number of methoxy groups -OCH3 is 2. The number of likely N-dealkylation sites (tertiary alicyclic amines) is 1. The number of amides is 2. The number of primary amides is 1. The molecule has 1 aliphatic rings. The largest absolute Gasteiger partial charge is 0.497 e. The molecule has 34 heavy (non-hydrogen) atoms. The molecule has 1 atom stereocenters. The summed E-state index contributed by atoms with van der Waals surface area (Å²) in [6, 6.07) is 5.24. The molecule has 0 saturated carbocycles. The van der Waals surface area contributed by atoms with Crippen molar-refractivity contribution in [2.75, 3.05) is 44.5 Å². The first-order valence-electron chi connectivity index (χ1n) is 10.8. The van der Waals surface area contributed by atoms with E-state index in [2.05, 4.69) is 27.2 Å². The lowest BCUT2D eigenvalue weighted by Gasteiger charge is -2.18. The average Bonchev–Trinajstić information content (AvgIpc) is 3.51. The Balaban J connectivity index is 1.65. The maximum absolute atomic E-state index is 12.4. The fourth-order valence-corrected chi connectivity index (χ4v) is 4.00. The van der Waals surface area contributed by atoms with Crippen LogP contribution in [0.15, 0.2) is 43.2 Å². The number of nitrogens with one attached hydrogen (secondary N) is 2. The van der Waals surface area contributed by atoms with Crippen molar-refractivity contribution >= 4 is 34.9 Å². The number of nitrogens with two attached hydrogens (primary N) is 1. The van der Waals surface area contributed by atoms with Crippen LogP contribution >= 0.6 is 0 Å². The topological polar surface area (TPSA) is 136 Å². The molecular formula is C23H27N7O4. The highest BCUT2D eigenvalue weighted by atomic mass is 16.5. The van der Waals surface area contributed by atoms with Crippen molar-refractivity contribution in [1.82, 2.24) is 19.3 Å². The van der Waals surface area contributed by atoms with Gasteiger partial charge in [-0.25, -0.2) is 4.98 Å². The Morgan fingerprint density at radius 1 is 1.26 bits per heavy atom. The van der Waals surface area contributed by atoms with Crippen LogP contribution in [-0.4, -0.2) is 64.9 Å². The van der Waals surface area contributed by atoms with Gasteiger partial charge in [0.2, 0.25) is 11.9 Å². The van der Waals surface area contributed by atoms with E-state index in [0.717, 1.165) is 6.42 Å². The third-order valence-electron chi connectivity index (χ3n) is 5.73. The van der Waals surface area contributed by atoms with E-state index in [1.54, 1.807) is 54.1 Å². The van der Waals surface area contributed by atoms with Gasteiger partial charge in [0, 0.05) is 55.9 Å². The molecule has 0 aliphatic carbocycles. The zero-order chi connectivity index (χ0) is 24.2. The van der Waals surface area contributed by atoms with E-state index >= 15 is 0 Å². The number of rotatable bonds is 9. The summed E-state index contributed by atoms with van der Waals surface area (Å²) in [5.41, 5.74) is 6.82. The summed E-state index contributed by atoms with van der Waals surface area (Å²) < 4.78 is 12.3. The molecule has 1 aromatic carbocycles. The number of carbonyl (C=O) groups is 2. The molecule has 0 radical (unpaired) electrons. The summed E-state index contributed by atoms with van der Waals surface area (Å²) in [6.45, 7) is 5.47. The summed E-state index contributed by atoms with van der Waals surface area (Å²) in [5.74, 6) is 1.40. The Labute approximate surface area is 196 Å². The molecule has 11 heteroatoms. The normalized spacial score (nSPS) is 15.2. The molecule has 11 nitrogen and oxygen atoms in total. The number of nitrogens with zero attached hydrogens (tertiary/aromatic N) is 4. The van der Waals surface area contributed by atoms with E-state index in [-0.39, 0.29) is 23.2 Å². The number of ether oxygens (including phenoxy) is 2. The summed E-state index contributed by atoms with van der Waals surface area (Å²) >= 11 is 0. The van der Waals surface area contributed by atoms with Crippen LogP contribution in [0.2, 0.25) is 0 Å². The molecule has 2 amide bonds. The quantitative estimate of drug-likeness (QED) is 0.409. The molecule has 1 aliphatic heterocycles. The van der Waals surface area contributed by atoms with Crippen LogP contribution in [0.25, 0.3) is 5.65 Å². The van der Waals surface area contributed by atoms with Gasteiger partial charge in [-0.2, -0.15) is 4.98 Å². The van der Waals surface area contributed by atoms with Gasteiger partial charge in [-0.15, -0.1) is 0 Å². The van der Waals surface area contributed by atoms with Gasteiger partial charge in [-0.3, -0.25) is 14.0 Å². The first-order chi connectivity index (χ1) is 16.4. The van der Waals surface area contributed by atoms with Crippen LogP contribution in [-0.2, 0) is 4.79 Å². The molecule has 0 bridgehead atoms. The molecule has 4 N–H and O–H groups in total. The molecule has 1 unspecified atom stereocenters. The summed E-state index contributed by atoms with van der Waals surface area (Å²) in [5, 5.41) is 6.49. The minimum absolute atomic E-state index is 0.0661. The van der Waals surface area contributed by atoms with Crippen LogP contribution in [0.3, 0.4) is 0 Å². The Hall–Kier alpha value is -4.28. The summed E-state index contributed by atoms with van der Waals surface area (Å²) in [7, 11) is 3.11. The minimum atomic E-state index is -0.665. The molecule has 1 fully saturated rings. The van der Waals surface area contributed by atoms with Gasteiger partial charge in [0.15, 0.2) is 11.5 Å².